The maximum atomic E-state index is 11.1. The quantitative estimate of drug-likeness (QED) is 0.404. The topological polar surface area (TPSA) is 89.4 Å². The van der Waals surface area contributed by atoms with Crippen LogP contribution in [0.25, 0.3) is 0 Å². The molecular weight excluding hydrogens is 384 g/mol. The molecule has 0 aliphatic rings. The first-order chi connectivity index (χ1) is 14.6. The monoisotopic (exact) mass is 406 g/mol. The number of carboxylic acid groups (broad SMARTS) is 1. The third-order valence-corrected chi connectivity index (χ3v) is 4.23. The average Bonchev–Trinajstić information content (AvgIpc) is 2.78. The van der Waals surface area contributed by atoms with Crippen LogP contribution in [0.5, 0.6) is 17.2 Å². The summed E-state index contributed by atoms with van der Waals surface area (Å²) in [6.07, 6.45) is 1.58. The zero-order valence-corrected chi connectivity index (χ0v) is 16.7. The van der Waals surface area contributed by atoms with Crippen LogP contribution in [-0.4, -0.2) is 31.5 Å². The third-order valence-electron chi connectivity index (χ3n) is 4.23. The van der Waals surface area contributed by atoms with Crippen LogP contribution < -0.4 is 19.6 Å². The maximum absolute atomic E-state index is 11.1. The number of hydrogen-bond donors (Lipinski definition) is 2. The van der Waals surface area contributed by atoms with Gasteiger partial charge in [-0.2, -0.15) is 5.10 Å². The lowest BCUT2D eigenvalue weighted by atomic mass is 10.2. The highest BCUT2D eigenvalue weighted by molar-refractivity contribution is 5.89. The zero-order valence-electron chi connectivity index (χ0n) is 16.7. The summed E-state index contributed by atoms with van der Waals surface area (Å²) in [5.74, 6) is 0.533. The van der Waals surface area contributed by atoms with Gasteiger partial charge in [-0.3, -0.25) is 5.43 Å². The molecule has 0 spiro atoms. The predicted molar refractivity (Wildman–Crippen MR) is 115 cm³/mol. The minimum Gasteiger partial charge on any atom is -0.493 e. The number of benzene rings is 3. The van der Waals surface area contributed by atoms with Crippen molar-refractivity contribution in [3.05, 3.63) is 83.4 Å². The zero-order chi connectivity index (χ0) is 21.3. The SMILES string of the molecule is COc1cc(/C=N/Nc2cccc(C(=O)O)c2)cc(OC)c1OCc1ccccc1. The van der Waals surface area contributed by atoms with Gasteiger partial charge in [0.05, 0.1) is 31.7 Å². The number of carbonyl (C=O) groups is 1. The lowest BCUT2D eigenvalue weighted by molar-refractivity contribution is 0.0697. The Balaban J connectivity index is 1.76. The Morgan fingerprint density at radius 1 is 1.00 bits per heavy atom. The van der Waals surface area contributed by atoms with Gasteiger partial charge in [0.25, 0.3) is 0 Å². The summed E-state index contributed by atoms with van der Waals surface area (Å²) in [7, 11) is 3.11. The number of methoxy groups -OCH3 is 2. The Kier molecular flexibility index (Phi) is 6.89. The van der Waals surface area contributed by atoms with Gasteiger partial charge in [-0.1, -0.05) is 36.4 Å². The molecule has 3 aromatic carbocycles. The highest BCUT2D eigenvalue weighted by atomic mass is 16.5. The van der Waals surface area contributed by atoms with E-state index in [1.165, 1.54) is 12.1 Å². The molecule has 0 saturated carbocycles. The van der Waals surface area contributed by atoms with Crippen molar-refractivity contribution < 1.29 is 24.1 Å². The lowest BCUT2D eigenvalue weighted by Crippen LogP contribution is -2.01. The Labute approximate surface area is 174 Å². The van der Waals surface area contributed by atoms with E-state index in [4.69, 9.17) is 19.3 Å². The number of anilines is 1. The molecule has 0 fully saturated rings. The average molecular weight is 406 g/mol. The molecule has 0 atom stereocenters. The molecule has 0 bridgehead atoms. The summed E-state index contributed by atoms with van der Waals surface area (Å²) in [4.78, 5) is 11.1. The minimum atomic E-state index is -0.997. The highest BCUT2D eigenvalue weighted by Crippen LogP contribution is 2.38. The third kappa shape index (κ3) is 5.29. The van der Waals surface area contributed by atoms with E-state index in [0.29, 0.717) is 29.5 Å². The molecule has 154 valence electrons. The number of hydrazone groups is 1. The Morgan fingerprint density at radius 3 is 2.33 bits per heavy atom. The van der Waals surface area contributed by atoms with Crippen LogP contribution in [0.1, 0.15) is 21.5 Å². The number of rotatable bonds is 9. The number of nitrogens with zero attached hydrogens (tertiary/aromatic N) is 1. The smallest absolute Gasteiger partial charge is 0.335 e. The summed E-state index contributed by atoms with van der Waals surface area (Å²) in [5, 5.41) is 13.2. The van der Waals surface area contributed by atoms with Crippen LogP contribution in [-0.2, 0) is 6.61 Å². The Hall–Kier alpha value is -4.00. The van der Waals surface area contributed by atoms with Crippen molar-refractivity contribution in [1.29, 1.82) is 0 Å². The standard InChI is InChI=1S/C23H22N2O5/c1-28-20-11-17(14-24-25-19-10-6-9-18(13-19)23(26)27)12-21(29-2)22(20)30-15-16-7-4-3-5-8-16/h3-14,25H,15H2,1-2H3,(H,26,27)/b24-14+. The second kappa shape index (κ2) is 9.97. The summed E-state index contributed by atoms with van der Waals surface area (Å²) >= 11 is 0. The van der Waals surface area contributed by atoms with Crippen molar-refractivity contribution >= 4 is 17.9 Å². The van der Waals surface area contributed by atoms with E-state index in [9.17, 15) is 4.79 Å². The van der Waals surface area contributed by atoms with Crippen molar-refractivity contribution in [2.24, 2.45) is 5.10 Å². The van der Waals surface area contributed by atoms with E-state index in [1.807, 2.05) is 30.3 Å². The molecule has 0 saturated heterocycles. The van der Waals surface area contributed by atoms with Gasteiger partial charge in [0.1, 0.15) is 6.61 Å². The largest absolute Gasteiger partial charge is 0.493 e. The molecule has 3 rings (SSSR count). The molecule has 0 amide bonds. The molecule has 0 aromatic heterocycles. The van der Waals surface area contributed by atoms with Crippen molar-refractivity contribution in [2.75, 3.05) is 19.6 Å². The fraction of sp³-hybridized carbons (Fsp3) is 0.130. The van der Waals surface area contributed by atoms with E-state index >= 15 is 0 Å². The molecule has 0 radical (unpaired) electrons. The number of aromatic carboxylic acids is 1. The van der Waals surface area contributed by atoms with Gasteiger partial charge in [0.15, 0.2) is 11.5 Å². The van der Waals surface area contributed by atoms with Gasteiger partial charge < -0.3 is 19.3 Å². The first-order valence-electron chi connectivity index (χ1n) is 9.16. The summed E-state index contributed by atoms with van der Waals surface area (Å²) < 4.78 is 16.9. The molecule has 0 heterocycles. The summed E-state index contributed by atoms with van der Waals surface area (Å²) in [5.41, 5.74) is 5.31. The van der Waals surface area contributed by atoms with Crippen molar-refractivity contribution in [3.63, 3.8) is 0 Å². The van der Waals surface area contributed by atoms with Crippen LogP contribution in [0.2, 0.25) is 0 Å². The highest BCUT2D eigenvalue weighted by Gasteiger charge is 2.14. The van der Waals surface area contributed by atoms with Gasteiger partial charge in [0, 0.05) is 5.56 Å². The maximum Gasteiger partial charge on any atom is 0.335 e. The van der Waals surface area contributed by atoms with Crippen LogP contribution in [0.3, 0.4) is 0 Å². The molecule has 0 unspecified atom stereocenters. The normalized spacial score (nSPS) is 10.6. The van der Waals surface area contributed by atoms with E-state index in [-0.39, 0.29) is 5.56 Å². The van der Waals surface area contributed by atoms with Gasteiger partial charge in [-0.25, -0.2) is 4.79 Å². The van der Waals surface area contributed by atoms with Crippen molar-refractivity contribution in [3.8, 4) is 17.2 Å². The molecule has 7 heteroatoms. The molecule has 0 aliphatic carbocycles. The number of nitrogens with one attached hydrogen (secondary N) is 1. The van der Waals surface area contributed by atoms with Gasteiger partial charge in [-0.05, 0) is 35.9 Å². The second-order valence-electron chi connectivity index (χ2n) is 6.28. The van der Waals surface area contributed by atoms with Crippen molar-refractivity contribution in [2.45, 2.75) is 6.61 Å². The number of hydrogen-bond acceptors (Lipinski definition) is 6. The van der Waals surface area contributed by atoms with Crippen molar-refractivity contribution in [1.82, 2.24) is 0 Å². The van der Waals surface area contributed by atoms with Crippen LogP contribution in [0.15, 0.2) is 71.8 Å². The number of carboxylic acids is 1. The fourth-order valence-electron chi connectivity index (χ4n) is 2.75. The van der Waals surface area contributed by atoms with E-state index in [0.717, 1.165) is 11.1 Å². The first kappa shape index (κ1) is 20.7. The van der Waals surface area contributed by atoms with Gasteiger partial charge >= 0.3 is 5.97 Å². The van der Waals surface area contributed by atoms with E-state index in [1.54, 1.807) is 44.7 Å². The van der Waals surface area contributed by atoms with E-state index < -0.39 is 5.97 Å². The van der Waals surface area contributed by atoms with Crippen LogP contribution in [0, 0.1) is 0 Å². The fourth-order valence-corrected chi connectivity index (χ4v) is 2.75. The molecule has 0 aliphatic heterocycles. The molecule has 3 aromatic rings. The Morgan fingerprint density at radius 2 is 1.70 bits per heavy atom. The predicted octanol–water partition coefficient (Wildman–Crippen LogP) is 4.43. The molecule has 30 heavy (non-hydrogen) atoms. The first-order valence-corrected chi connectivity index (χ1v) is 9.16. The summed E-state index contributed by atoms with van der Waals surface area (Å²) in [6, 6.07) is 19.8. The van der Waals surface area contributed by atoms with Gasteiger partial charge in [0.2, 0.25) is 5.75 Å². The van der Waals surface area contributed by atoms with Crippen LogP contribution in [0.4, 0.5) is 5.69 Å². The molecule has 7 nitrogen and oxygen atoms in total. The van der Waals surface area contributed by atoms with Crippen LogP contribution >= 0.6 is 0 Å². The molecule has 2 N–H and O–H groups in total. The Bertz CT molecular complexity index is 1010. The van der Waals surface area contributed by atoms with E-state index in [2.05, 4.69) is 10.5 Å². The lowest BCUT2D eigenvalue weighted by Gasteiger charge is -2.15. The number of ether oxygens (including phenoxy) is 3. The second-order valence-corrected chi connectivity index (χ2v) is 6.28. The minimum absolute atomic E-state index is 0.179. The summed E-state index contributed by atoms with van der Waals surface area (Å²) in [6.45, 7) is 0.377. The molecular formula is C23H22N2O5. The van der Waals surface area contributed by atoms with Gasteiger partial charge in [-0.15, -0.1) is 0 Å².